The molecule has 0 atom stereocenters. The highest BCUT2D eigenvalue weighted by atomic mass is 19.4. The molecule has 0 N–H and O–H groups in total. The summed E-state index contributed by atoms with van der Waals surface area (Å²) >= 11 is 0. The largest absolute Gasteiger partial charge is 0.573 e. The van der Waals surface area contributed by atoms with Gasteiger partial charge in [0.2, 0.25) is 0 Å². The number of ether oxygens (including phenoxy) is 1. The molecule has 4 aromatic rings. The minimum atomic E-state index is -5.24. The molecule has 0 fully saturated rings. The zero-order valence-electron chi connectivity index (χ0n) is 20.7. The van der Waals surface area contributed by atoms with Crippen LogP contribution in [0.2, 0.25) is 0 Å². The molecule has 0 amide bonds. The fourth-order valence-corrected chi connectivity index (χ4v) is 4.10. The maximum Gasteiger partial charge on any atom is 0.573 e. The third-order valence-electron chi connectivity index (χ3n) is 5.97. The van der Waals surface area contributed by atoms with Crippen molar-refractivity contribution in [3.8, 4) is 28.0 Å². The van der Waals surface area contributed by atoms with Crippen molar-refractivity contribution in [2.75, 3.05) is 0 Å². The summed E-state index contributed by atoms with van der Waals surface area (Å²) < 4.78 is 128. The van der Waals surface area contributed by atoms with Crippen molar-refractivity contribution in [3.05, 3.63) is 113 Å². The minimum absolute atomic E-state index is 0.175. The van der Waals surface area contributed by atoms with Crippen molar-refractivity contribution in [2.24, 2.45) is 0 Å². The van der Waals surface area contributed by atoms with Gasteiger partial charge in [-0.15, -0.1) is 13.2 Å². The molecule has 0 saturated heterocycles. The number of alkyl halides is 3. The van der Waals surface area contributed by atoms with Crippen LogP contribution in [-0.2, 0) is 6.42 Å². The van der Waals surface area contributed by atoms with Crippen LogP contribution in [0.4, 0.5) is 39.5 Å². The van der Waals surface area contributed by atoms with Crippen molar-refractivity contribution in [1.29, 1.82) is 0 Å². The lowest BCUT2D eigenvalue weighted by molar-refractivity contribution is -0.275. The Balaban J connectivity index is 1.64. The van der Waals surface area contributed by atoms with Gasteiger partial charge in [-0.1, -0.05) is 49.7 Å². The van der Waals surface area contributed by atoms with E-state index in [-0.39, 0.29) is 17.2 Å². The molecule has 10 heteroatoms. The normalized spacial score (nSPS) is 12.3. The Morgan fingerprint density at radius 3 is 1.80 bits per heavy atom. The summed E-state index contributed by atoms with van der Waals surface area (Å²) in [5, 5.41) is 0. The maximum atomic E-state index is 15.0. The van der Waals surface area contributed by atoms with Gasteiger partial charge in [-0.2, -0.15) is 0 Å². The Labute approximate surface area is 223 Å². The number of benzene rings is 4. The Morgan fingerprint density at radius 2 is 1.25 bits per heavy atom. The van der Waals surface area contributed by atoms with Crippen molar-refractivity contribution >= 4 is 11.7 Å². The molecule has 4 rings (SSSR count). The second-order valence-corrected chi connectivity index (χ2v) is 8.78. The van der Waals surface area contributed by atoms with Crippen LogP contribution in [0.15, 0.2) is 72.8 Å². The van der Waals surface area contributed by atoms with E-state index in [1.165, 1.54) is 18.2 Å². The summed E-state index contributed by atoms with van der Waals surface area (Å²) in [5.74, 6) is -11.0. The van der Waals surface area contributed by atoms with Crippen LogP contribution in [-0.4, -0.2) is 6.36 Å². The van der Waals surface area contributed by atoms with Gasteiger partial charge in [0.25, 0.3) is 0 Å². The zero-order chi connectivity index (χ0) is 29.2. The summed E-state index contributed by atoms with van der Waals surface area (Å²) in [5.41, 5.74) is -0.549. The summed E-state index contributed by atoms with van der Waals surface area (Å²) in [4.78, 5) is 0. The number of hydrogen-bond donors (Lipinski definition) is 0. The molecular weight excluding hydrogens is 547 g/mol. The Hall–Kier alpha value is -4.21. The number of rotatable bonds is 7. The van der Waals surface area contributed by atoms with E-state index in [0.717, 1.165) is 24.0 Å². The minimum Gasteiger partial charge on any atom is -0.403 e. The highest BCUT2D eigenvalue weighted by Crippen LogP contribution is 2.37. The van der Waals surface area contributed by atoms with E-state index >= 15 is 0 Å². The molecule has 208 valence electrons. The lowest BCUT2D eigenvalue weighted by Crippen LogP contribution is -2.17. The van der Waals surface area contributed by atoms with Crippen LogP contribution in [0.1, 0.15) is 30.0 Å². The molecule has 0 aliphatic heterocycles. The third-order valence-corrected chi connectivity index (χ3v) is 5.97. The van der Waals surface area contributed by atoms with E-state index in [0.29, 0.717) is 29.8 Å². The number of hydrogen-bond acceptors (Lipinski definition) is 1. The monoisotopic (exact) mass is 566 g/mol. The van der Waals surface area contributed by atoms with E-state index in [1.54, 1.807) is 0 Å². The first-order chi connectivity index (χ1) is 18.9. The van der Waals surface area contributed by atoms with E-state index in [9.17, 15) is 39.5 Å². The van der Waals surface area contributed by atoms with E-state index in [2.05, 4.69) is 4.74 Å². The number of aryl methyl sites for hydroxylation is 1. The standard InChI is InChI=1S/C30H19F9O/c1-2-3-16-4-6-17(7-5-16)18-8-10-21(22(31)12-18)20-14-24(33)27(25(34)15-20)29(36)28(35)19-9-11-26(23(32)13-19)40-30(37,38)39/h4-15H,2-3H2,1H3/b29-28+. The van der Waals surface area contributed by atoms with Crippen LogP contribution in [0.25, 0.3) is 33.9 Å². The fourth-order valence-electron chi connectivity index (χ4n) is 4.10. The van der Waals surface area contributed by atoms with E-state index < -0.39 is 58.2 Å². The second kappa shape index (κ2) is 11.5. The Kier molecular flexibility index (Phi) is 8.27. The average Bonchev–Trinajstić information content (AvgIpc) is 2.88. The molecule has 4 aromatic carbocycles. The lowest BCUT2D eigenvalue weighted by Gasteiger charge is -2.12. The van der Waals surface area contributed by atoms with Crippen LogP contribution in [0, 0.1) is 23.3 Å². The second-order valence-electron chi connectivity index (χ2n) is 8.78. The first-order valence-corrected chi connectivity index (χ1v) is 11.9. The van der Waals surface area contributed by atoms with Gasteiger partial charge in [0.15, 0.2) is 23.2 Å². The predicted octanol–water partition coefficient (Wildman–Crippen LogP) is 10.2. The van der Waals surface area contributed by atoms with Gasteiger partial charge in [0.05, 0.1) is 5.56 Å². The zero-order valence-corrected chi connectivity index (χ0v) is 20.7. The first-order valence-electron chi connectivity index (χ1n) is 11.9. The summed E-state index contributed by atoms with van der Waals surface area (Å²) in [6.45, 7) is 2.04. The molecule has 0 aliphatic rings. The highest BCUT2D eigenvalue weighted by Gasteiger charge is 2.32. The molecule has 0 heterocycles. The molecule has 0 saturated carbocycles. The van der Waals surface area contributed by atoms with Gasteiger partial charge < -0.3 is 4.74 Å². The van der Waals surface area contributed by atoms with Crippen molar-refractivity contribution in [1.82, 2.24) is 0 Å². The van der Waals surface area contributed by atoms with Crippen LogP contribution >= 0.6 is 0 Å². The van der Waals surface area contributed by atoms with Crippen molar-refractivity contribution < 1.29 is 44.3 Å². The summed E-state index contributed by atoms with van der Waals surface area (Å²) in [6, 6.07) is 13.8. The molecule has 0 bridgehead atoms. The smallest absolute Gasteiger partial charge is 0.403 e. The Bertz CT molecular complexity index is 1550. The summed E-state index contributed by atoms with van der Waals surface area (Å²) in [6.07, 6.45) is -3.39. The highest BCUT2D eigenvalue weighted by molar-refractivity contribution is 5.84. The topological polar surface area (TPSA) is 9.23 Å². The van der Waals surface area contributed by atoms with E-state index in [1.807, 2.05) is 31.2 Å². The van der Waals surface area contributed by atoms with Gasteiger partial charge in [-0.3, -0.25) is 0 Å². The molecule has 0 radical (unpaired) electrons. The molecule has 1 nitrogen and oxygen atoms in total. The molecule has 0 aromatic heterocycles. The Morgan fingerprint density at radius 1 is 0.650 bits per heavy atom. The van der Waals surface area contributed by atoms with Gasteiger partial charge in [-0.25, -0.2) is 26.3 Å². The summed E-state index contributed by atoms with van der Waals surface area (Å²) in [7, 11) is 0. The molecule has 40 heavy (non-hydrogen) atoms. The SMILES string of the molecule is CCCc1ccc(-c2ccc(-c3cc(F)c(/C(F)=C(\F)c4ccc(OC(F)(F)F)c(F)c4)c(F)c3)c(F)c2)cc1. The first kappa shape index (κ1) is 28.8. The number of halogens is 9. The van der Waals surface area contributed by atoms with Gasteiger partial charge >= 0.3 is 6.36 Å². The maximum absolute atomic E-state index is 15.0. The third kappa shape index (κ3) is 6.32. The van der Waals surface area contributed by atoms with Crippen LogP contribution in [0.5, 0.6) is 5.75 Å². The fraction of sp³-hybridized carbons (Fsp3) is 0.133. The quantitative estimate of drug-likeness (QED) is 0.160. The lowest BCUT2D eigenvalue weighted by atomic mass is 9.97. The van der Waals surface area contributed by atoms with Gasteiger partial charge in [0.1, 0.15) is 17.5 Å². The molecule has 0 aliphatic carbocycles. The predicted molar refractivity (Wildman–Crippen MR) is 133 cm³/mol. The van der Waals surface area contributed by atoms with Crippen molar-refractivity contribution in [2.45, 2.75) is 26.1 Å². The molecule has 0 spiro atoms. The van der Waals surface area contributed by atoms with Crippen LogP contribution < -0.4 is 4.74 Å². The van der Waals surface area contributed by atoms with Gasteiger partial charge in [0, 0.05) is 11.1 Å². The van der Waals surface area contributed by atoms with Gasteiger partial charge in [-0.05, 0) is 65.1 Å². The van der Waals surface area contributed by atoms with E-state index in [4.69, 9.17) is 0 Å². The average molecular weight is 566 g/mol. The molecular formula is C30H19F9O. The van der Waals surface area contributed by atoms with Crippen LogP contribution in [0.3, 0.4) is 0 Å². The van der Waals surface area contributed by atoms with Crippen molar-refractivity contribution in [3.63, 3.8) is 0 Å². The molecule has 0 unspecified atom stereocenters.